The Balaban J connectivity index is 1.18. The predicted octanol–water partition coefficient (Wildman–Crippen LogP) is 3.75. The molecule has 2 aromatic carbocycles. The SMILES string of the molecule is C#Cc1c(F)ccc2cc(O)cc(N3CCc4c(nc(OCC56CCCN5CCC6)nc4N4C[C@@H]5CC(C)(O)[C@H](C4)N5C(=O)C=C)C3)c12. The van der Waals surface area contributed by atoms with Gasteiger partial charge in [-0.3, -0.25) is 9.69 Å². The molecule has 3 aromatic rings. The topological polar surface area (TPSA) is 106 Å². The second-order valence-electron chi connectivity index (χ2n) is 14.3. The third-order valence-corrected chi connectivity index (χ3v) is 11.5. The minimum Gasteiger partial charge on any atom is -0.508 e. The fraction of sp³-hybridized carbons (Fsp3) is 0.486. The number of halogens is 1. The smallest absolute Gasteiger partial charge is 0.318 e. The Morgan fingerprint density at radius 3 is 2.71 bits per heavy atom. The first-order valence-corrected chi connectivity index (χ1v) is 17.0. The molecule has 0 aliphatic carbocycles. The van der Waals surface area contributed by atoms with Crippen LogP contribution in [0.5, 0.6) is 11.8 Å². The van der Waals surface area contributed by atoms with Gasteiger partial charge in [0.1, 0.15) is 24.0 Å². The van der Waals surface area contributed by atoms with Crippen LogP contribution in [0.15, 0.2) is 36.9 Å². The number of phenolic OH excluding ortho intramolecular Hbond substituents is 1. The molecule has 0 spiro atoms. The van der Waals surface area contributed by atoms with Crippen LogP contribution in [0.25, 0.3) is 10.8 Å². The van der Waals surface area contributed by atoms with Crippen molar-refractivity contribution in [3.63, 3.8) is 0 Å². The van der Waals surface area contributed by atoms with Crippen LogP contribution in [0.3, 0.4) is 0 Å². The van der Waals surface area contributed by atoms with Gasteiger partial charge in [0.25, 0.3) is 0 Å². The van der Waals surface area contributed by atoms with Crippen LogP contribution in [0.1, 0.15) is 55.8 Å². The normalized spacial score (nSPS) is 26.0. The molecule has 1 unspecified atom stereocenters. The van der Waals surface area contributed by atoms with E-state index in [1.807, 2.05) is 0 Å². The summed E-state index contributed by atoms with van der Waals surface area (Å²) in [6.45, 7) is 10.0. The van der Waals surface area contributed by atoms with Crippen LogP contribution in [0.4, 0.5) is 15.9 Å². The average molecular weight is 653 g/mol. The van der Waals surface area contributed by atoms with Crippen molar-refractivity contribution in [2.24, 2.45) is 0 Å². The van der Waals surface area contributed by atoms with E-state index < -0.39 is 17.5 Å². The van der Waals surface area contributed by atoms with Gasteiger partial charge in [-0.05, 0) is 75.7 Å². The lowest BCUT2D eigenvalue weighted by atomic mass is 9.95. The number of phenols is 1. The highest BCUT2D eigenvalue weighted by molar-refractivity contribution is 6.00. The number of aromatic nitrogens is 2. The van der Waals surface area contributed by atoms with Gasteiger partial charge in [0.2, 0.25) is 5.91 Å². The molecule has 10 nitrogen and oxygen atoms in total. The lowest BCUT2D eigenvalue weighted by Crippen LogP contribution is -2.59. The number of terminal acetylenes is 1. The molecule has 0 saturated carbocycles. The molecule has 48 heavy (non-hydrogen) atoms. The zero-order valence-corrected chi connectivity index (χ0v) is 27.3. The van der Waals surface area contributed by atoms with Crippen molar-refractivity contribution >= 4 is 28.2 Å². The summed E-state index contributed by atoms with van der Waals surface area (Å²) in [6, 6.07) is 5.88. The fourth-order valence-corrected chi connectivity index (χ4v) is 9.23. The Bertz CT molecular complexity index is 1860. The van der Waals surface area contributed by atoms with Crippen LogP contribution >= 0.6 is 0 Å². The van der Waals surface area contributed by atoms with Gasteiger partial charge in [-0.25, -0.2) is 4.39 Å². The molecule has 0 radical (unpaired) electrons. The molecule has 8 rings (SSSR count). The van der Waals surface area contributed by atoms with Gasteiger partial charge in [-0.15, -0.1) is 6.42 Å². The number of fused-ring (bicyclic) bond motifs is 5. The molecule has 4 saturated heterocycles. The van der Waals surface area contributed by atoms with E-state index in [1.54, 1.807) is 30.0 Å². The standard InChI is InChI=1S/C37H41FN6O4/c1-4-26-28(38)9-8-23-16-25(45)17-30(33(23)26)41-15-10-27-29(20-41)39-35(48-22-37-11-6-13-43(37)14-7-12-37)40-34(27)42-19-24-18-36(3,47)31(21-42)44(24)32(46)5-2/h1,5,8-9,16-17,24,31,45,47H,2,6-7,10-15,18-22H2,3H3/t24-,31-,36?/m0/s1. The van der Waals surface area contributed by atoms with Gasteiger partial charge in [0.15, 0.2) is 0 Å². The van der Waals surface area contributed by atoms with Gasteiger partial charge in [-0.1, -0.05) is 18.6 Å². The maximum Gasteiger partial charge on any atom is 0.318 e. The number of carbonyl (C=O) groups is 1. The second kappa shape index (κ2) is 11.3. The lowest BCUT2D eigenvalue weighted by Gasteiger charge is -2.43. The number of carbonyl (C=O) groups excluding carboxylic acids is 1. The third kappa shape index (κ3) is 4.88. The highest BCUT2D eigenvalue weighted by Gasteiger charge is 2.54. The van der Waals surface area contributed by atoms with E-state index in [4.69, 9.17) is 21.1 Å². The van der Waals surface area contributed by atoms with Gasteiger partial charge >= 0.3 is 6.01 Å². The number of piperazine rings is 1. The second-order valence-corrected chi connectivity index (χ2v) is 14.3. The number of nitrogens with zero attached hydrogens (tertiary/aromatic N) is 6. The van der Waals surface area contributed by atoms with Gasteiger partial charge in [0.05, 0.1) is 41.0 Å². The summed E-state index contributed by atoms with van der Waals surface area (Å²) < 4.78 is 21.4. The molecule has 2 bridgehead atoms. The van der Waals surface area contributed by atoms with Crippen LogP contribution in [0, 0.1) is 18.2 Å². The lowest BCUT2D eigenvalue weighted by molar-refractivity contribution is -0.131. The molecule has 5 aliphatic heterocycles. The van der Waals surface area contributed by atoms with Gasteiger partial charge in [0, 0.05) is 48.8 Å². The van der Waals surface area contributed by atoms with Crippen molar-refractivity contribution in [3.05, 3.63) is 59.6 Å². The highest BCUT2D eigenvalue weighted by Crippen LogP contribution is 2.43. The van der Waals surface area contributed by atoms with Crippen molar-refractivity contribution in [1.82, 2.24) is 19.8 Å². The van der Waals surface area contributed by atoms with Crippen LogP contribution in [-0.2, 0) is 17.8 Å². The minimum absolute atomic E-state index is 0.0100. The van der Waals surface area contributed by atoms with Crippen LogP contribution in [0.2, 0.25) is 0 Å². The summed E-state index contributed by atoms with van der Waals surface area (Å²) in [4.78, 5) is 31.5. The largest absolute Gasteiger partial charge is 0.508 e. The number of hydrogen-bond acceptors (Lipinski definition) is 9. The summed E-state index contributed by atoms with van der Waals surface area (Å²) in [5, 5.41) is 23.3. The monoisotopic (exact) mass is 652 g/mol. The fourth-order valence-electron chi connectivity index (χ4n) is 9.23. The minimum atomic E-state index is -1.05. The zero-order valence-electron chi connectivity index (χ0n) is 27.3. The molecule has 5 aliphatic rings. The summed E-state index contributed by atoms with van der Waals surface area (Å²) in [5.41, 5.74) is 1.53. The number of benzene rings is 2. The Labute approximate surface area is 279 Å². The van der Waals surface area contributed by atoms with Crippen LogP contribution < -0.4 is 14.5 Å². The Morgan fingerprint density at radius 1 is 1.19 bits per heavy atom. The van der Waals surface area contributed by atoms with E-state index in [0.717, 1.165) is 55.8 Å². The molecule has 11 heteroatoms. The number of rotatable bonds is 6. The number of anilines is 2. The molecular weight excluding hydrogens is 611 g/mol. The number of hydrogen-bond donors (Lipinski definition) is 2. The molecule has 1 aromatic heterocycles. The molecule has 1 amide bonds. The maximum absolute atomic E-state index is 14.9. The summed E-state index contributed by atoms with van der Waals surface area (Å²) in [6.07, 6.45) is 12.7. The maximum atomic E-state index is 14.9. The van der Waals surface area contributed by atoms with Crippen molar-refractivity contribution in [2.45, 2.75) is 75.2 Å². The van der Waals surface area contributed by atoms with E-state index in [1.165, 1.54) is 12.1 Å². The highest BCUT2D eigenvalue weighted by atomic mass is 19.1. The van der Waals surface area contributed by atoms with E-state index in [-0.39, 0.29) is 28.8 Å². The van der Waals surface area contributed by atoms with E-state index in [2.05, 4.69) is 27.2 Å². The first-order valence-electron chi connectivity index (χ1n) is 17.0. The molecular formula is C37H41FN6O4. The quantitative estimate of drug-likeness (QED) is 0.304. The number of ether oxygens (including phenoxy) is 1. The molecule has 3 atom stereocenters. The summed E-state index contributed by atoms with van der Waals surface area (Å²) >= 11 is 0. The van der Waals surface area contributed by atoms with Gasteiger partial charge in [-0.2, -0.15) is 9.97 Å². The van der Waals surface area contributed by atoms with Crippen molar-refractivity contribution in [3.8, 4) is 24.1 Å². The Kier molecular flexibility index (Phi) is 7.31. The van der Waals surface area contributed by atoms with E-state index in [0.29, 0.717) is 68.1 Å². The van der Waals surface area contributed by atoms with E-state index >= 15 is 0 Å². The summed E-state index contributed by atoms with van der Waals surface area (Å²) in [7, 11) is 0. The Morgan fingerprint density at radius 2 is 1.98 bits per heavy atom. The van der Waals surface area contributed by atoms with Crippen molar-refractivity contribution in [2.75, 3.05) is 49.1 Å². The third-order valence-electron chi connectivity index (χ3n) is 11.5. The van der Waals surface area contributed by atoms with Crippen LogP contribution in [-0.4, -0.2) is 98.4 Å². The summed E-state index contributed by atoms with van der Waals surface area (Å²) in [5.74, 6) is 2.69. The Hall–Kier alpha value is -4.40. The first-order chi connectivity index (χ1) is 23.1. The average Bonchev–Trinajstić information content (AvgIpc) is 3.70. The molecule has 250 valence electrons. The molecule has 2 N–H and O–H groups in total. The van der Waals surface area contributed by atoms with Crippen molar-refractivity contribution < 1.29 is 24.1 Å². The van der Waals surface area contributed by atoms with Gasteiger partial charge < -0.3 is 29.6 Å². The molecule has 4 fully saturated rings. The van der Waals surface area contributed by atoms with Crippen molar-refractivity contribution in [1.29, 1.82) is 0 Å². The number of amides is 1. The number of aromatic hydroxyl groups is 1. The number of aliphatic hydroxyl groups is 1. The first kappa shape index (κ1) is 30.9. The molecule has 6 heterocycles. The van der Waals surface area contributed by atoms with E-state index in [9.17, 15) is 19.4 Å². The zero-order chi connectivity index (χ0) is 33.4. The predicted molar refractivity (Wildman–Crippen MR) is 181 cm³/mol.